The average Bonchev–Trinajstić information content (AvgIpc) is 3.25. The molecule has 0 radical (unpaired) electrons. The summed E-state index contributed by atoms with van der Waals surface area (Å²) in [4.78, 5) is 12.4. The number of hydrogen-bond acceptors (Lipinski definition) is 3. The van der Waals surface area contributed by atoms with Gasteiger partial charge in [0.2, 0.25) is 5.91 Å². The molecule has 0 heterocycles. The van der Waals surface area contributed by atoms with Gasteiger partial charge in [0, 0.05) is 6.42 Å². The van der Waals surface area contributed by atoms with Crippen LogP contribution in [0.2, 0.25) is 0 Å². The Morgan fingerprint density at radius 3 is 1.10 bits per heavy atom. The second-order valence-electron chi connectivity index (χ2n) is 16.5. The molecule has 4 heteroatoms. The minimum atomic E-state index is -0.841. The Morgan fingerprint density at radius 1 is 0.417 bits per heavy atom. The van der Waals surface area contributed by atoms with Crippen LogP contribution in [-0.4, -0.2) is 34.9 Å². The van der Waals surface area contributed by atoms with Crippen LogP contribution in [0.25, 0.3) is 0 Å². The van der Waals surface area contributed by atoms with Gasteiger partial charge in [-0.15, -0.1) is 0 Å². The van der Waals surface area contributed by atoms with Crippen molar-refractivity contribution < 1.29 is 15.0 Å². The molecule has 0 rings (SSSR count). The summed E-state index contributed by atoms with van der Waals surface area (Å²) in [7, 11) is 0. The number of hydrogen-bond donors (Lipinski definition) is 3. The Morgan fingerprint density at radius 2 is 0.733 bits per heavy atom. The van der Waals surface area contributed by atoms with Gasteiger partial charge in [0.1, 0.15) is 0 Å². The van der Waals surface area contributed by atoms with Crippen molar-refractivity contribution in [3.05, 3.63) is 109 Å². The molecule has 342 valence electrons. The lowest BCUT2D eigenvalue weighted by molar-refractivity contribution is -0.123. The summed E-state index contributed by atoms with van der Waals surface area (Å²) in [6.07, 6.45) is 76.6. The number of rotatable bonds is 44. The van der Waals surface area contributed by atoms with Crippen LogP contribution >= 0.6 is 0 Å². The molecule has 1 amide bonds. The van der Waals surface area contributed by atoms with E-state index >= 15 is 0 Å². The van der Waals surface area contributed by atoms with E-state index in [1.807, 2.05) is 6.08 Å². The third-order valence-electron chi connectivity index (χ3n) is 10.8. The predicted octanol–water partition coefficient (Wildman–Crippen LogP) is 16.4. The van der Waals surface area contributed by atoms with Crippen LogP contribution in [0, 0.1) is 0 Å². The van der Waals surface area contributed by atoms with Crippen LogP contribution in [0.1, 0.15) is 219 Å². The van der Waals surface area contributed by atoms with Crippen LogP contribution in [0.15, 0.2) is 109 Å². The van der Waals surface area contributed by atoms with Crippen molar-refractivity contribution in [2.24, 2.45) is 0 Å². The molecule has 0 saturated carbocycles. The van der Waals surface area contributed by atoms with E-state index < -0.39 is 12.1 Å². The summed E-state index contributed by atoms with van der Waals surface area (Å²) in [5, 5.41) is 22.9. The smallest absolute Gasteiger partial charge is 0.220 e. The van der Waals surface area contributed by atoms with Crippen molar-refractivity contribution in [2.45, 2.75) is 231 Å². The molecule has 0 spiro atoms. The minimum Gasteiger partial charge on any atom is -0.394 e. The molecule has 3 N–H and O–H groups in total. The number of nitrogens with one attached hydrogen (secondary N) is 1. The first-order valence-corrected chi connectivity index (χ1v) is 25.1. The van der Waals surface area contributed by atoms with Gasteiger partial charge in [0.15, 0.2) is 0 Å². The number of aliphatic hydroxyl groups excluding tert-OH is 2. The number of carbonyl (C=O) groups excluding carboxylic acids is 1. The highest BCUT2D eigenvalue weighted by Crippen LogP contribution is 2.14. The number of unbranched alkanes of at least 4 members (excludes halogenated alkanes) is 21. The maximum absolute atomic E-state index is 12.4. The SMILES string of the molecule is CC/C=C\C/C=C\C/C=C\C/C=C\C/C=C\C/C=C\C/C=C\C/C=C\CCCCCCCCCCCCCCCCC(=O)NC(CO)C(O)/C=C/CCCCCCCCC. The van der Waals surface area contributed by atoms with E-state index in [9.17, 15) is 15.0 Å². The van der Waals surface area contributed by atoms with Gasteiger partial charge in [0.25, 0.3) is 0 Å². The summed E-state index contributed by atoms with van der Waals surface area (Å²) in [5.74, 6) is -0.0715. The largest absolute Gasteiger partial charge is 0.394 e. The summed E-state index contributed by atoms with van der Waals surface area (Å²) in [6.45, 7) is 4.15. The minimum absolute atomic E-state index is 0.0715. The van der Waals surface area contributed by atoms with E-state index in [4.69, 9.17) is 0 Å². The van der Waals surface area contributed by atoms with E-state index in [-0.39, 0.29) is 12.5 Å². The van der Waals surface area contributed by atoms with Crippen molar-refractivity contribution in [1.29, 1.82) is 0 Å². The zero-order chi connectivity index (χ0) is 43.5. The maximum atomic E-state index is 12.4. The highest BCUT2D eigenvalue weighted by Gasteiger charge is 2.17. The molecule has 0 saturated heterocycles. The van der Waals surface area contributed by atoms with Gasteiger partial charge >= 0.3 is 0 Å². The zero-order valence-electron chi connectivity index (χ0n) is 39.2. The normalized spacial score (nSPS) is 13.9. The first kappa shape index (κ1) is 57.1. The summed E-state index contributed by atoms with van der Waals surface area (Å²) in [5.41, 5.74) is 0. The monoisotopic (exact) mass is 830 g/mol. The molecule has 2 atom stereocenters. The van der Waals surface area contributed by atoms with Gasteiger partial charge in [-0.05, 0) is 83.5 Å². The van der Waals surface area contributed by atoms with Crippen molar-refractivity contribution >= 4 is 5.91 Å². The lowest BCUT2D eigenvalue weighted by atomic mass is 10.0. The Labute approximate surface area is 372 Å². The third-order valence-corrected chi connectivity index (χ3v) is 10.8. The number of aliphatic hydroxyl groups is 2. The molecule has 0 aromatic heterocycles. The first-order chi connectivity index (χ1) is 29.7. The molecule has 0 aromatic carbocycles. The second kappa shape index (κ2) is 50.4. The summed E-state index contributed by atoms with van der Waals surface area (Å²) < 4.78 is 0. The molecule has 60 heavy (non-hydrogen) atoms. The van der Waals surface area contributed by atoms with E-state index in [1.165, 1.54) is 122 Å². The fourth-order valence-corrected chi connectivity index (χ4v) is 6.96. The Balaban J connectivity index is 3.53. The van der Waals surface area contributed by atoms with Crippen LogP contribution in [-0.2, 0) is 4.79 Å². The quantitative estimate of drug-likeness (QED) is 0.0423. The van der Waals surface area contributed by atoms with Crippen molar-refractivity contribution in [1.82, 2.24) is 5.32 Å². The van der Waals surface area contributed by atoms with Crippen molar-refractivity contribution in [2.75, 3.05) is 6.61 Å². The predicted molar refractivity (Wildman–Crippen MR) is 266 cm³/mol. The van der Waals surface area contributed by atoms with E-state index in [1.54, 1.807) is 6.08 Å². The Bertz CT molecular complexity index is 1170. The lowest BCUT2D eigenvalue weighted by Crippen LogP contribution is -2.45. The molecular formula is C56H95NO3. The fraction of sp³-hybridized carbons (Fsp3) is 0.661. The van der Waals surface area contributed by atoms with Crippen molar-refractivity contribution in [3.8, 4) is 0 Å². The highest BCUT2D eigenvalue weighted by molar-refractivity contribution is 5.76. The van der Waals surface area contributed by atoms with Gasteiger partial charge in [-0.2, -0.15) is 0 Å². The molecule has 4 nitrogen and oxygen atoms in total. The standard InChI is InChI=1S/C56H95NO3/c1-3-5-7-9-11-13-14-15-16-17-18-19-20-21-22-23-24-25-26-27-28-29-30-31-32-33-34-35-36-37-38-39-40-41-42-44-46-48-50-52-56(60)57-54(53-58)55(59)51-49-47-45-43-12-10-8-6-4-2/h5,7,11,13,15-16,18-19,21-22,24-25,27-28,30-31,49,51,54-55,58-59H,3-4,6,8-10,12,14,17,20,23,26,29,32-48,50,52-53H2,1-2H3,(H,57,60)/b7-5-,13-11-,16-15-,19-18-,22-21-,25-24-,28-27-,31-30-,51-49+. The van der Waals surface area contributed by atoms with E-state index in [0.717, 1.165) is 77.0 Å². The van der Waals surface area contributed by atoms with Gasteiger partial charge in [-0.25, -0.2) is 0 Å². The highest BCUT2D eigenvalue weighted by atomic mass is 16.3. The molecule has 0 aliphatic heterocycles. The maximum Gasteiger partial charge on any atom is 0.220 e. The fourth-order valence-electron chi connectivity index (χ4n) is 6.96. The molecule has 0 aliphatic carbocycles. The van der Waals surface area contributed by atoms with Gasteiger partial charge in [-0.1, -0.05) is 239 Å². The van der Waals surface area contributed by atoms with E-state index in [2.05, 4.69) is 116 Å². The van der Waals surface area contributed by atoms with Crippen LogP contribution in [0.5, 0.6) is 0 Å². The average molecular weight is 830 g/mol. The van der Waals surface area contributed by atoms with E-state index in [0.29, 0.717) is 6.42 Å². The molecular weight excluding hydrogens is 735 g/mol. The van der Waals surface area contributed by atoms with Crippen LogP contribution in [0.3, 0.4) is 0 Å². The number of allylic oxidation sites excluding steroid dienone is 17. The van der Waals surface area contributed by atoms with Crippen molar-refractivity contribution in [3.63, 3.8) is 0 Å². The molecule has 0 aromatic rings. The number of carbonyl (C=O) groups is 1. The first-order valence-electron chi connectivity index (χ1n) is 25.1. The third kappa shape index (κ3) is 46.1. The molecule has 2 unspecified atom stereocenters. The molecule has 0 bridgehead atoms. The van der Waals surface area contributed by atoms with Gasteiger partial charge in [-0.3, -0.25) is 4.79 Å². The Kier molecular flexibility index (Phi) is 47.9. The van der Waals surface area contributed by atoms with Crippen LogP contribution < -0.4 is 5.32 Å². The summed E-state index contributed by atoms with van der Waals surface area (Å²) in [6, 6.07) is -0.625. The second-order valence-corrected chi connectivity index (χ2v) is 16.5. The Hall–Kier alpha value is -2.95. The topological polar surface area (TPSA) is 69.6 Å². The number of amides is 1. The van der Waals surface area contributed by atoms with Crippen LogP contribution in [0.4, 0.5) is 0 Å². The van der Waals surface area contributed by atoms with Gasteiger partial charge in [0.05, 0.1) is 18.8 Å². The zero-order valence-corrected chi connectivity index (χ0v) is 39.2. The molecule has 0 aliphatic rings. The summed E-state index contributed by atoms with van der Waals surface area (Å²) >= 11 is 0. The lowest BCUT2D eigenvalue weighted by Gasteiger charge is -2.20. The van der Waals surface area contributed by atoms with Gasteiger partial charge < -0.3 is 15.5 Å². The molecule has 0 fully saturated rings.